The number of nitrogens with zero attached hydrogens (tertiary/aromatic N) is 3. The minimum absolute atomic E-state index is 0.189. The molecule has 1 saturated heterocycles. The third-order valence-electron chi connectivity index (χ3n) is 4.96. The number of carbonyl (C=O) groups is 1. The van der Waals surface area contributed by atoms with Gasteiger partial charge in [0.25, 0.3) is 5.91 Å². The average molecular weight is 412 g/mol. The first-order valence-corrected chi connectivity index (χ1v) is 9.88. The highest BCUT2D eigenvalue weighted by molar-refractivity contribution is 6.30. The van der Waals surface area contributed by atoms with Gasteiger partial charge in [0, 0.05) is 49.0 Å². The lowest BCUT2D eigenvalue weighted by Gasteiger charge is -2.31. The Hall–Kier alpha value is -2.83. The van der Waals surface area contributed by atoms with Gasteiger partial charge in [0.1, 0.15) is 0 Å². The van der Waals surface area contributed by atoms with E-state index in [9.17, 15) is 4.79 Å². The van der Waals surface area contributed by atoms with Gasteiger partial charge in [-0.1, -0.05) is 35.0 Å². The molecule has 7 heteroatoms. The van der Waals surface area contributed by atoms with Crippen molar-refractivity contribution in [2.24, 2.45) is 0 Å². The molecule has 3 aromatic rings. The van der Waals surface area contributed by atoms with E-state index in [-0.39, 0.29) is 11.6 Å². The molecule has 150 valence electrons. The largest absolute Gasteiger partial charge is 0.378 e. The Bertz CT molecular complexity index is 981. The van der Waals surface area contributed by atoms with E-state index in [1.54, 1.807) is 30.1 Å². The van der Waals surface area contributed by atoms with Gasteiger partial charge in [-0.2, -0.15) is 0 Å². The average Bonchev–Trinajstić information content (AvgIpc) is 3.25. The molecule has 2 aromatic carbocycles. The SMILES string of the molecule is CN(Cc1ccccc1N1CCOCC1)C(=O)c1cc(-c2ccc(Cl)cc2)on1. The lowest BCUT2D eigenvalue weighted by Crippen LogP contribution is -2.37. The summed E-state index contributed by atoms with van der Waals surface area (Å²) in [6, 6.07) is 17.0. The van der Waals surface area contributed by atoms with Crippen LogP contribution in [0.1, 0.15) is 16.1 Å². The predicted molar refractivity (Wildman–Crippen MR) is 112 cm³/mol. The van der Waals surface area contributed by atoms with E-state index in [0.717, 1.165) is 43.1 Å². The molecule has 0 atom stereocenters. The fraction of sp³-hybridized carbons (Fsp3) is 0.273. The van der Waals surface area contributed by atoms with Gasteiger partial charge in [-0.15, -0.1) is 0 Å². The van der Waals surface area contributed by atoms with Crippen molar-refractivity contribution in [2.75, 3.05) is 38.3 Å². The van der Waals surface area contributed by atoms with Gasteiger partial charge in [-0.25, -0.2) is 0 Å². The van der Waals surface area contributed by atoms with Crippen molar-refractivity contribution in [2.45, 2.75) is 6.54 Å². The van der Waals surface area contributed by atoms with E-state index in [4.69, 9.17) is 20.9 Å². The summed E-state index contributed by atoms with van der Waals surface area (Å²) in [5.74, 6) is 0.345. The summed E-state index contributed by atoms with van der Waals surface area (Å²) in [7, 11) is 1.77. The number of anilines is 1. The van der Waals surface area contributed by atoms with Crippen LogP contribution in [0.25, 0.3) is 11.3 Å². The summed E-state index contributed by atoms with van der Waals surface area (Å²) in [6.07, 6.45) is 0. The summed E-state index contributed by atoms with van der Waals surface area (Å²) in [5, 5.41) is 4.61. The summed E-state index contributed by atoms with van der Waals surface area (Å²) in [5.41, 5.74) is 3.33. The molecule has 0 bridgehead atoms. The van der Waals surface area contributed by atoms with E-state index < -0.39 is 0 Å². The van der Waals surface area contributed by atoms with Crippen LogP contribution in [-0.4, -0.2) is 49.3 Å². The Morgan fingerprint density at radius 2 is 1.86 bits per heavy atom. The molecule has 1 aliphatic heterocycles. The van der Waals surface area contributed by atoms with Crippen LogP contribution in [0.2, 0.25) is 5.02 Å². The van der Waals surface area contributed by atoms with Gasteiger partial charge in [-0.3, -0.25) is 4.79 Å². The first kappa shape index (κ1) is 19.5. The van der Waals surface area contributed by atoms with Crippen molar-refractivity contribution < 1.29 is 14.1 Å². The summed E-state index contributed by atoms with van der Waals surface area (Å²) < 4.78 is 10.8. The van der Waals surface area contributed by atoms with Crippen molar-refractivity contribution in [3.05, 3.63) is 70.9 Å². The maximum atomic E-state index is 12.9. The number of hydrogen-bond acceptors (Lipinski definition) is 5. The Morgan fingerprint density at radius 3 is 2.62 bits per heavy atom. The maximum Gasteiger partial charge on any atom is 0.276 e. The zero-order valence-corrected chi connectivity index (χ0v) is 16.9. The van der Waals surface area contributed by atoms with Crippen molar-refractivity contribution in [1.29, 1.82) is 0 Å². The first-order valence-electron chi connectivity index (χ1n) is 9.50. The van der Waals surface area contributed by atoms with Crippen molar-refractivity contribution in [3.8, 4) is 11.3 Å². The van der Waals surface area contributed by atoms with Crippen molar-refractivity contribution in [3.63, 3.8) is 0 Å². The van der Waals surface area contributed by atoms with Crippen LogP contribution in [0, 0.1) is 0 Å². The zero-order chi connectivity index (χ0) is 20.2. The fourth-order valence-corrected chi connectivity index (χ4v) is 3.53. The normalized spacial score (nSPS) is 14.1. The van der Waals surface area contributed by atoms with E-state index in [2.05, 4.69) is 22.2 Å². The van der Waals surface area contributed by atoms with Crippen LogP contribution in [0.15, 0.2) is 59.1 Å². The third-order valence-corrected chi connectivity index (χ3v) is 5.21. The van der Waals surface area contributed by atoms with Crippen LogP contribution >= 0.6 is 11.6 Å². The monoisotopic (exact) mass is 411 g/mol. The Kier molecular flexibility index (Phi) is 5.83. The molecule has 2 heterocycles. The number of aromatic nitrogens is 1. The molecule has 0 unspecified atom stereocenters. The first-order chi connectivity index (χ1) is 14.1. The molecule has 29 heavy (non-hydrogen) atoms. The standard InChI is InChI=1S/C22H22ClN3O3/c1-25(15-17-4-2-3-5-20(17)26-10-12-28-13-11-26)22(27)19-14-21(29-24-19)16-6-8-18(23)9-7-16/h2-9,14H,10-13,15H2,1H3. The van der Waals surface area contributed by atoms with Gasteiger partial charge in [0.2, 0.25) is 0 Å². The minimum atomic E-state index is -0.189. The number of morpholine rings is 1. The zero-order valence-electron chi connectivity index (χ0n) is 16.2. The predicted octanol–water partition coefficient (Wildman–Crippen LogP) is 4.10. The molecule has 0 N–H and O–H groups in total. The Morgan fingerprint density at radius 1 is 1.14 bits per heavy atom. The molecule has 1 fully saturated rings. The molecule has 0 spiro atoms. The van der Waals surface area contributed by atoms with E-state index >= 15 is 0 Å². The van der Waals surface area contributed by atoms with E-state index in [0.29, 0.717) is 17.3 Å². The second-order valence-corrected chi connectivity index (χ2v) is 7.41. The molecule has 0 saturated carbocycles. The highest BCUT2D eigenvalue weighted by Crippen LogP contribution is 2.25. The van der Waals surface area contributed by atoms with Gasteiger partial charge in [-0.05, 0) is 35.9 Å². The lowest BCUT2D eigenvalue weighted by atomic mass is 10.1. The molecular formula is C22H22ClN3O3. The van der Waals surface area contributed by atoms with Crippen molar-refractivity contribution >= 4 is 23.2 Å². The summed E-state index contributed by atoms with van der Waals surface area (Å²) in [6.45, 7) is 3.62. The highest BCUT2D eigenvalue weighted by Gasteiger charge is 2.20. The third kappa shape index (κ3) is 4.44. The number of amides is 1. The van der Waals surface area contributed by atoms with Crippen LogP contribution < -0.4 is 4.90 Å². The summed E-state index contributed by atoms with van der Waals surface area (Å²) >= 11 is 5.92. The van der Waals surface area contributed by atoms with Crippen LogP contribution in [0.4, 0.5) is 5.69 Å². The molecular weight excluding hydrogens is 390 g/mol. The summed E-state index contributed by atoms with van der Waals surface area (Å²) in [4.78, 5) is 16.8. The van der Waals surface area contributed by atoms with Gasteiger partial charge in [0.15, 0.2) is 11.5 Å². The van der Waals surface area contributed by atoms with Crippen molar-refractivity contribution in [1.82, 2.24) is 10.1 Å². The van der Waals surface area contributed by atoms with Gasteiger partial charge < -0.3 is 19.1 Å². The number of ether oxygens (including phenoxy) is 1. The van der Waals surface area contributed by atoms with Crippen LogP contribution in [-0.2, 0) is 11.3 Å². The molecule has 6 nitrogen and oxygen atoms in total. The molecule has 1 aliphatic rings. The number of hydrogen-bond donors (Lipinski definition) is 0. The molecule has 1 amide bonds. The van der Waals surface area contributed by atoms with Crippen LogP contribution in [0.3, 0.4) is 0 Å². The fourth-order valence-electron chi connectivity index (χ4n) is 3.41. The van der Waals surface area contributed by atoms with E-state index in [1.165, 1.54) is 0 Å². The van der Waals surface area contributed by atoms with E-state index in [1.807, 2.05) is 24.3 Å². The second-order valence-electron chi connectivity index (χ2n) is 6.97. The smallest absolute Gasteiger partial charge is 0.276 e. The number of rotatable bonds is 5. The Balaban J connectivity index is 1.49. The minimum Gasteiger partial charge on any atom is -0.378 e. The topological polar surface area (TPSA) is 58.8 Å². The number of para-hydroxylation sites is 1. The molecule has 1 aromatic heterocycles. The number of benzene rings is 2. The molecule has 0 radical (unpaired) electrons. The van der Waals surface area contributed by atoms with Gasteiger partial charge in [0.05, 0.1) is 13.2 Å². The quantitative estimate of drug-likeness (QED) is 0.632. The highest BCUT2D eigenvalue weighted by atomic mass is 35.5. The lowest BCUT2D eigenvalue weighted by molar-refractivity contribution is 0.0774. The van der Waals surface area contributed by atoms with Gasteiger partial charge >= 0.3 is 0 Å². The Labute approximate surface area is 174 Å². The number of carbonyl (C=O) groups excluding carboxylic acids is 1. The second kappa shape index (κ2) is 8.68. The molecule has 0 aliphatic carbocycles. The molecule has 4 rings (SSSR count). The van der Waals surface area contributed by atoms with Crippen LogP contribution in [0.5, 0.6) is 0 Å². The number of halogens is 1. The maximum absolute atomic E-state index is 12.9.